The van der Waals surface area contributed by atoms with E-state index in [-0.39, 0.29) is 24.6 Å². The first-order chi connectivity index (χ1) is 11.2. The third kappa shape index (κ3) is 3.50. The van der Waals surface area contributed by atoms with Crippen LogP contribution in [0.1, 0.15) is 25.2 Å². The van der Waals surface area contributed by atoms with Gasteiger partial charge in [-0.2, -0.15) is 4.98 Å². The fraction of sp³-hybridized carbons (Fsp3) is 0.438. The molecule has 1 saturated heterocycles. The molecule has 0 aliphatic carbocycles. The van der Waals surface area contributed by atoms with E-state index in [1.54, 1.807) is 4.90 Å². The minimum Gasteiger partial charge on any atom is -0.396 e. The van der Waals surface area contributed by atoms with Crippen molar-refractivity contribution in [3.63, 3.8) is 0 Å². The van der Waals surface area contributed by atoms with E-state index in [9.17, 15) is 4.79 Å². The largest absolute Gasteiger partial charge is 0.396 e. The molecule has 1 aliphatic rings. The van der Waals surface area contributed by atoms with Crippen molar-refractivity contribution < 1.29 is 14.4 Å². The zero-order valence-corrected chi connectivity index (χ0v) is 13.0. The van der Waals surface area contributed by atoms with E-state index in [1.165, 1.54) is 0 Å². The van der Waals surface area contributed by atoms with Crippen molar-refractivity contribution in [1.29, 1.82) is 0 Å². The molecular weight excluding hydrogens is 296 g/mol. The second-order valence-corrected chi connectivity index (χ2v) is 5.78. The van der Waals surface area contributed by atoms with Crippen molar-refractivity contribution in [2.45, 2.75) is 19.4 Å². The molecule has 0 bridgehead atoms. The molecule has 1 aromatic heterocycles. The highest BCUT2D eigenvalue weighted by Gasteiger charge is 2.27. The van der Waals surface area contributed by atoms with E-state index < -0.39 is 0 Å². The Morgan fingerprint density at radius 3 is 2.96 bits per heavy atom. The Kier molecular flexibility index (Phi) is 4.57. The van der Waals surface area contributed by atoms with Crippen LogP contribution in [0.25, 0.3) is 11.5 Å². The summed E-state index contributed by atoms with van der Waals surface area (Å²) in [6.07, 6.45) is 0.832. The van der Waals surface area contributed by atoms with Gasteiger partial charge in [0.1, 0.15) is 0 Å². The van der Waals surface area contributed by atoms with Crippen LogP contribution in [0.4, 0.5) is 4.79 Å². The Labute approximate surface area is 134 Å². The van der Waals surface area contributed by atoms with Gasteiger partial charge in [-0.3, -0.25) is 0 Å². The van der Waals surface area contributed by atoms with Gasteiger partial charge < -0.3 is 19.8 Å². The van der Waals surface area contributed by atoms with E-state index in [4.69, 9.17) is 9.63 Å². The fourth-order valence-corrected chi connectivity index (χ4v) is 2.62. The molecule has 0 radical (unpaired) electrons. The first-order valence-electron chi connectivity index (χ1n) is 7.72. The second kappa shape index (κ2) is 6.78. The molecule has 2 N–H and O–H groups in total. The van der Waals surface area contributed by atoms with Crippen LogP contribution < -0.4 is 5.32 Å². The molecule has 7 nitrogen and oxygen atoms in total. The first-order valence-corrected chi connectivity index (χ1v) is 7.72. The number of nitrogens with one attached hydrogen (secondary N) is 1. The number of rotatable bonds is 4. The average Bonchev–Trinajstić information content (AvgIpc) is 3.25. The Hall–Kier alpha value is -2.41. The highest BCUT2D eigenvalue weighted by Crippen LogP contribution is 2.20. The van der Waals surface area contributed by atoms with Gasteiger partial charge in [0.25, 0.3) is 5.89 Å². The van der Waals surface area contributed by atoms with E-state index in [0.717, 1.165) is 12.0 Å². The van der Waals surface area contributed by atoms with Crippen molar-refractivity contribution >= 4 is 6.03 Å². The van der Waals surface area contributed by atoms with Crippen LogP contribution in [0.3, 0.4) is 0 Å². The maximum atomic E-state index is 12.2. The number of aliphatic hydroxyl groups excluding tert-OH is 1. The van der Waals surface area contributed by atoms with Gasteiger partial charge in [0, 0.05) is 31.2 Å². The van der Waals surface area contributed by atoms with Crippen LogP contribution in [-0.4, -0.2) is 45.9 Å². The smallest absolute Gasteiger partial charge is 0.317 e. The number of hydrogen-bond donors (Lipinski definition) is 2. The number of benzene rings is 1. The molecule has 2 heterocycles. The highest BCUT2D eigenvalue weighted by molar-refractivity contribution is 5.74. The lowest BCUT2D eigenvalue weighted by atomic mass is 10.1. The number of urea groups is 1. The first kappa shape index (κ1) is 15.5. The molecule has 2 unspecified atom stereocenters. The number of nitrogens with zero attached hydrogens (tertiary/aromatic N) is 3. The molecule has 122 valence electrons. The van der Waals surface area contributed by atoms with Gasteiger partial charge in [-0.25, -0.2) is 4.79 Å². The van der Waals surface area contributed by atoms with Gasteiger partial charge in [0.05, 0.1) is 6.04 Å². The molecule has 0 spiro atoms. The third-order valence-corrected chi connectivity index (χ3v) is 4.02. The number of aromatic nitrogens is 2. The summed E-state index contributed by atoms with van der Waals surface area (Å²) < 4.78 is 5.25. The van der Waals surface area contributed by atoms with Crippen molar-refractivity contribution in [2.75, 3.05) is 19.7 Å². The van der Waals surface area contributed by atoms with Crippen molar-refractivity contribution in [3.8, 4) is 11.5 Å². The third-order valence-electron chi connectivity index (χ3n) is 4.02. The van der Waals surface area contributed by atoms with Crippen molar-refractivity contribution in [3.05, 3.63) is 36.2 Å². The molecule has 0 saturated carbocycles. The SMILES string of the molecule is CC(NC(=O)N1CCC(CO)C1)c1noc(-c2ccccc2)n1. The minimum absolute atomic E-state index is 0.116. The summed E-state index contributed by atoms with van der Waals surface area (Å²) in [6.45, 7) is 3.17. The zero-order chi connectivity index (χ0) is 16.2. The highest BCUT2D eigenvalue weighted by atomic mass is 16.5. The van der Waals surface area contributed by atoms with Crippen LogP contribution in [0.2, 0.25) is 0 Å². The number of likely N-dealkylation sites (tertiary alicyclic amines) is 1. The number of aliphatic hydroxyl groups is 1. The fourth-order valence-electron chi connectivity index (χ4n) is 2.62. The number of carbonyl (C=O) groups is 1. The molecular formula is C16H20N4O3. The second-order valence-electron chi connectivity index (χ2n) is 5.78. The lowest BCUT2D eigenvalue weighted by molar-refractivity contribution is 0.195. The summed E-state index contributed by atoms with van der Waals surface area (Å²) in [6, 6.07) is 8.97. The van der Waals surface area contributed by atoms with Crippen LogP contribution in [-0.2, 0) is 0 Å². The average molecular weight is 316 g/mol. The molecule has 3 rings (SSSR count). The number of carbonyl (C=O) groups excluding carboxylic acids is 1. The van der Waals surface area contributed by atoms with Crippen LogP contribution >= 0.6 is 0 Å². The van der Waals surface area contributed by atoms with E-state index in [2.05, 4.69) is 15.5 Å². The normalized spacial score (nSPS) is 18.9. The molecule has 2 amide bonds. The van der Waals surface area contributed by atoms with E-state index >= 15 is 0 Å². The van der Waals surface area contributed by atoms with E-state index in [1.807, 2.05) is 37.3 Å². The van der Waals surface area contributed by atoms with Gasteiger partial charge in [0.15, 0.2) is 5.82 Å². The molecule has 7 heteroatoms. The molecule has 1 aromatic carbocycles. The van der Waals surface area contributed by atoms with Crippen LogP contribution in [0.15, 0.2) is 34.9 Å². The molecule has 2 aromatic rings. The predicted molar refractivity (Wildman–Crippen MR) is 83.4 cm³/mol. The molecule has 2 atom stereocenters. The summed E-state index contributed by atoms with van der Waals surface area (Å²) in [5.41, 5.74) is 0.843. The van der Waals surface area contributed by atoms with Gasteiger partial charge >= 0.3 is 6.03 Å². The molecule has 1 aliphatic heterocycles. The molecule has 1 fully saturated rings. The van der Waals surface area contributed by atoms with Crippen molar-refractivity contribution in [2.24, 2.45) is 5.92 Å². The van der Waals surface area contributed by atoms with Crippen LogP contribution in [0.5, 0.6) is 0 Å². The summed E-state index contributed by atoms with van der Waals surface area (Å²) >= 11 is 0. The maximum Gasteiger partial charge on any atom is 0.317 e. The van der Waals surface area contributed by atoms with Crippen LogP contribution in [0, 0.1) is 5.92 Å². The monoisotopic (exact) mass is 316 g/mol. The summed E-state index contributed by atoms with van der Waals surface area (Å²) in [5, 5.41) is 16.0. The number of hydrogen-bond acceptors (Lipinski definition) is 5. The Morgan fingerprint density at radius 2 is 2.26 bits per heavy atom. The lowest BCUT2D eigenvalue weighted by Gasteiger charge is -2.19. The molecule has 23 heavy (non-hydrogen) atoms. The van der Waals surface area contributed by atoms with Gasteiger partial charge in [0.2, 0.25) is 0 Å². The Balaban J connectivity index is 1.61. The van der Waals surface area contributed by atoms with E-state index in [0.29, 0.717) is 24.8 Å². The van der Waals surface area contributed by atoms with Gasteiger partial charge in [-0.15, -0.1) is 0 Å². The summed E-state index contributed by atoms with van der Waals surface area (Å²) in [4.78, 5) is 18.3. The van der Waals surface area contributed by atoms with Gasteiger partial charge in [-0.05, 0) is 25.5 Å². The maximum absolute atomic E-state index is 12.2. The standard InChI is InChI=1S/C16H20N4O3/c1-11(17-16(22)20-8-7-12(9-20)10-21)14-18-15(23-19-14)13-5-3-2-4-6-13/h2-6,11-12,21H,7-10H2,1H3,(H,17,22). The Morgan fingerprint density at radius 1 is 1.48 bits per heavy atom. The lowest BCUT2D eigenvalue weighted by Crippen LogP contribution is -2.40. The zero-order valence-electron chi connectivity index (χ0n) is 13.0. The topological polar surface area (TPSA) is 91.5 Å². The summed E-state index contributed by atoms with van der Waals surface area (Å²) in [7, 11) is 0. The predicted octanol–water partition coefficient (Wildman–Crippen LogP) is 1.82. The number of amides is 2. The minimum atomic E-state index is -0.350. The van der Waals surface area contributed by atoms with Gasteiger partial charge in [-0.1, -0.05) is 23.4 Å². The Bertz CT molecular complexity index is 658. The quantitative estimate of drug-likeness (QED) is 0.898. The summed E-state index contributed by atoms with van der Waals surface area (Å²) in [5.74, 6) is 1.05. The van der Waals surface area contributed by atoms with Crippen molar-refractivity contribution in [1.82, 2.24) is 20.4 Å².